The van der Waals surface area contributed by atoms with Gasteiger partial charge in [-0.3, -0.25) is 10.1 Å². The maximum absolute atomic E-state index is 11.0. The van der Waals surface area contributed by atoms with E-state index in [0.29, 0.717) is 22.3 Å². The van der Waals surface area contributed by atoms with Crippen molar-refractivity contribution < 1.29 is 4.92 Å². The van der Waals surface area contributed by atoms with E-state index in [0.717, 1.165) is 11.1 Å². The van der Waals surface area contributed by atoms with Crippen molar-refractivity contribution in [3.8, 4) is 0 Å². The van der Waals surface area contributed by atoms with Gasteiger partial charge in [0.15, 0.2) is 0 Å². The second-order valence-electron chi connectivity index (χ2n) is 4.34. The molecule has 0 aliphatic carbocycles. The molecule has 6 heteroatoms. The van der Waals surface area contributed by atoms with Crippen LogP contribution in [0.15, 0.2) is 36.4 Å². The number of anilines is 1. The summed E-state index contributed by atoms with van der Waals surface area (Å²) in [4.78, 5) is 10.5. The molecule has 1 N–H and O–H groups in total. The lowest BCUT2D eigenvalue weighted by Gasteiger charge is -2.10. The number of hydrogen-bond donors (Lipinski definition) is 1. The number of nitro benzene ring substituents is 1. The number of halogens is 2. The Hall–Kier alpha value is -1.78. The van der Waals surface area contributed by atoms with Crippen LogP contribution >= 0.6 is 23.2 Å². The molecule has 2 aromatic rings. The van der Waals surface area contributed by atoms with E-state index in [4.69, 9.17) is 23.2 Å². The molecule has 2 rings (SSSR count). The molecule has 2 aromatic carbocycles. The van der Waals surface area contributed by atoms with Gasteiger partial charge in [0, 0.05) is 22.7 Å². The third kappa shape index (κ3) is 3.40. The normalized spacial score (nSPS) is 10.3. The first-order chi connectivity index (χ1) is 9.47. The Bertz CT molecular complexity index is 660. The topological polar surface area (TPSA) is 55.2 Å². The van der Waals surface area contributed by atoms with Crippen molar-refractivity contribution in [1.29, 1.82) is 0 Å². The molecular formula is C14H12Cl2N2O2. The van der Waals surface area contributed by atoms with Crippen LogP contribution < -0.4 is 5.32 Å². The lowest BCUT2D eigenvalue weighted by Crippen LogP contribution is -2.04. The molecule has 104 valence electrons. The summed E-state index contributed by atoms with van der Waals surface area (Å²) in [6.07, 6.45) is 0. The number of aryl methyl sites for hydroxylation is 1. The van der Waals surface area contributed by atoms with Gasteiger partial charge in [-0.15, -0.1) is 0 Å². The monoisotopic (exact) mass is 310 g/mol. The van der Waals surface area contributed by atoms with Crippen molar-refractivity contribution in [3.05, 3.63) is 67.7 Å². The molecule has 0 amide bonds. The number of nitro groups is 1. The van der Waals surface area contributed by atoms with Crippen molar-refractivity contribution in [1.82, 2.24) is 0 Å². The van der Waals surface area contributed by atoms with Gasteiger partial charge in [0.05, 0.1) is 4.92 Å². The van der Waals surface area contributed by atoms with E-state index in [1.165, 1.54) is 6.07 Å². The van der Waals surface area contributed by atoms with E-state index in [-0.39, 0.29) is 5.69 Å². The van der Waals surface area contributed by atoms with E-state index in [1.54, 1.807) is 18.2 Å². The van der Waals surface area contributed by atoms with Crippen molar-refractivity contribution in [2.75, 3.05) is 5.32 Å². The van der Waals surface area contributed by atoms with Crippen LogP contribution in [-0.2, 0) is 6.54 Å². The molecule has 0 radical (unpaired) electrons. The maximum Gasteiger partial charge on any atom is 0.293 e. The van der Waals surface area contributed by atoms with Crippen LogP contribution in [0.2, 0.25) is 10.0 Å². The second-order valence-corrected chi connectivity index (χ2v) is 5.22. The Morgan fingerprint density at radius 1 is 1.15 bits per heavy atom. The van der Waals surface area contributed by atoms with Gasteiger partial charge >= 0.3 is 0 Å². The van der Waals surface area contributed by atoms with Crippen LogP contribution in [0.4, 0.5) is 11.4 Å². The Labute approximate surface area is 126 Å². The fourth-order valence-corrected chi connectivity index (χ4v) is 2.25. The summed E-state index contributed by atoms with van der Waals surface area (Å²) in [7, 11) is 0. The summed E-state index contributed by atoms with van der Waals surface area (Å²) < 4.78 is 0. The molecular weight excluding hydrogens is 299 g/mol. The van der Waals surface area contributed by atoms with Crippen LogP contribution in [0.25, 0.3) is 0 Å². The molecule has 0 aromatic heterocycles. The fourth-order valence-electron chi connectivity index (χ4n) is 1.85. The first kappa shape index (κ1) is 14.6. The minimum atomic E-state index is -0.455. The smallest absolute Gasteiger partial charge is 0.293 e. The molecule has 0 unspecified atom stereocenters. The molecule has 0 saturated heterocycles. The summed E-state index contributed by atoms with van der Waals surface area (Å²) in [6.45, 7) is 2.42. The van der Waals surface area contributed by atoms with Crippen LogP contribution in [0.1, 0.15) is 11.1 Å². The number of nitrogens with one attached hydrogen (secondary N) is 1. The van der Waals surface area contributed by atoms with Crippen LogP contribution in [0, 0.1) is 17.0 Å². The van der Waals surface area contributed by atoms with E-state index in [2.05, 4.69) is 5.32 Å². The molecule has 0 aliphatic rings. The van der Waals surface area contributed by atoms with Crippen molar-refractivity contribution in [3.63, 3.8) is 0 Å². The highest BCUT2D eigenvalue weighted by Gasteiger charge is 2.14. The standard InChI is InChI=1S/C14H12Cl2N2O2/c1-9-6-11(15)3-2-10(9)8-17-13-5-4-12(16)7-14(13)18(19)20/h2-7,17H,8H2,1H3. The van der Waals surface area contributed by atoms with E-state index in [9.17, 15) is 10.1 Å². The molecule has 0 spiro atoms. The highest BCUT2D eigenvalue weighted by atomic mass is 35.5. The van der Waals surface area contributed by atoms with Crippen molar-refractivity contribution >= 4 is 34.6 Å². The minimum Gasteiger partial charge on any atom is -0.375 e. The summed E-state index contributed by atoms with van der Waals surface area (Å²) in [5.41, 5.74) is 2.46. The average Bonchev–Trinajstić information content (AvgIpc) is 2.38. The van der Waals surface area contributed by atoms with Crippen LogP contribution in [-0.4, -0.2) is 4.92 Å². The predicted molar refractivity (Wildman–Crippen MR) is 81.6 cm³/mol. The third-order valence-corrected chi connectivity index (χ3v) is 3.40. The lowest BCUT2D eigenvalue weighted by atomic mass is 10.1. The highest BCUT2D eigenvalue weighted by Crippen LogP contribution is 2.28. The largest absolute Gasteiger partial charge is 0.375 e. The number of nitrogens with zero attached hydrogens (tertiary/aromatic N) is 1. The van der Waals surface area contributed by atoms with Crippen LogP contribution in [0.5, 0.6) is 0 Å². The highest BCUT2D eigenvalue weighted by molar-refractivity contribution is 6.31. The zero-order chi connectivity index (χ0) is 14.7. The van der Waals surface area contributed by atoms with Gasteiger partial charge in [0.25, 0.3) is 5.69 Å². The third-order valence-electron chi connectivity index (χ3n) is 2.93. The molecule has 0 bridgehead atoms. The first-order valence-corrected chi connectivity index (χ1v) is 6.66. The Kier molecular flexibility index (Phi) is 4.47. The van der Waals surface area contributed by atoms with Crippen molar-refractivity contribution in [2.24, 2.45) is 0 Å². The number of hydrogen-bond acceptors (Lipinski definition) is 3. The van der Waals surface area contributed by atoms with Gasteiger partial charge < -0.3 is 5.32 Å². The lowest BCUT2D eigenvalue weighted by molar-refractivity contribution is -0.383. The van der Waals surface area contributed by atoms with Gasteiger partial charge in [-0.1, -0.05) is 29.3 Å². The van der Waals surface area contributed by atoms with Gasteiger partial charge in [-0.05, 0) is 42.3 Å². The van der Waals surface area contributed by atoms with E-state index < -0.39 is 4.92 Å². The first-order valence-electron chi connectivity index (χ1n) is 5.90. The zero-order valence-electron chi connectivity index (χ0n) is 10.7. The van der Waals surface area contributed by atoms with E-state index >= 15 is 0 Å². The SMILES string of the molecule is Cc1cc(Cl)ccc1CNc1ccc(Cl)cc1[N+](=O)[O-]. The average molecular weight is 311 g/mol. The van der Waals surface area contributed by atoms with Crippen LogP contribution in [0.3, 0.4) is 0 Å². The maximum atomic E-state index is 11.0. The summed E-state index contributed by atoms with van der Waals surface area (Å²) in [5, 5.41) is 15.0. The molecule has 0 heterocycles. The summed E-state index contributed by atoms with van der Waals surface area (Å²) in [5.74, 6) is 0. The molecule has 0 saturated carbocycles. The fraction of sp³-hybridized carbons (Fsp3) is 0.143. The van der Waals surface area contributed by atoms with Crippen molar-refractivity contribution in [2.45, 2.75) is 13.5 Å². The van der Waals surface area contributed by atoms with E-state index in [1.807, 2.05) is 19.1 Å². The minimum absolute atomic E-state index is 0.0379. The molecule has 4 nitrogen and oxygen atoms in total. The van der Waals surface area contributed by atoms with Gasteiger partial charge in [0.2, 0.25) is 0 Å². The molecule has 0 aliphatic heterocycles. The Morgan fingerprint density at radius 2 is 1.80 bits per heavy atom. The number of benzene rings is 2. The number of rotatable bonds is 4. The summed E-state index contributed by atoms with van der Waals surface area (Å²) >= 11 is 11.7. The Morgan fingerprint density at radius 3 is 2.45 bits per heavy atom. The molecule has 0 fully saturated rings. The summed E-state index contributed by atoms with van der Waals surface area (Å²) in [6, 6.07) is 10.1. The molecule has 20 heavy (non-hydrogen) atoms. The quantitative estimate of drug-likeness (QED) is 0.650. The Balaban J connectivity index is 2.20. The second kappa shape index (κ2) is 6.11. The molecule has 0 atom stereocenters. The zero-order valence-corrected chi connectivity index (χ0v) is 12.2. The van der Waals surface area contributed by atoms with Gasteiger partial charge in [-0.2, -0.15) is 0 Å². The van der Waals surface area contributed by atoms with Gasteiger partial charge in [-0.25, -0.2) is 0 Å². The van der Waals surface area contributed by atoms with Gasteiger partial charge in [0.1, 0.15) is 5.69 Å². The predicted octanol–water partition coefficient (Wildman–Crippen LogP) is 4.82.